The molecule has 25 heavy (non-hydrogen) atoms. The lowest BCUT2D eigenvalue weighted by Crippen LogP contribution is -2.25. The van der Waals surface area contributed by atoms with E-state index in [-0.39, 0.29) is 12.5 Å². The lowest BCUT2D eigenvalue weighted by molar-refractivity contribution is -0.120. The number of hydrogen-bond donors (Lipinski definition) is 1. The van der Waals surface area contributed by atoms with Crippen LogP contribution in [-0.4, -0.2) is 28.6 Å². The first-order valence-electron chi connectivity index (χ1n) is 8.02. The summed E-state index contributed by atoms with van der Waals surface area (Å²) >= 11 is 0. The molecule has 0 saturated heterocycles. The van der Waals surface area contributed by atoms with Crippen LogP contribution in [0.25, 0.3) is 10.9 Å². The number of amides is 1. The lowest BCUT2D eigenvalue weighted by atomic mass is 10.1. The van der Waals surface area contributed by atoms with E-state index >= 15 is 0 Å². The van der Waals surface area contributed by atoms with Gasteiger partial charge in [0.15, 0.2) is 0 Å². The van der Waals surface area contributed by atoms with Crippen molar-refractivity contribution in [2.24, 2.45) is 7.05 Å². The smallest absolute Gasteiger partial charge is 0.225 e. The number of nitrogens with zero attached hydrogens (tertiary/aromatic N) is 2. The van der Waals surface area contributed by atoms with Gasteiger partial charge in [-0.1, -0.05) is 30.0 Å². The summed E-state index contributed by atoms with van der Waals surface area (Å²) in [6.07, 6.45) is 5.66. The van der Waals surface area contributed by atoms with Crippen LogP contribution in [0.2, 0.25) is 0 Å². The molecule has 0 fully saturated rings. The molecule has 0 atom stereocenters. The second-order valence-corrected chi connectivity index (χ2v) is 5.57. The van der Waals surface area contributed by atoms with E-state index in [9.17, 15) is 4.79 Å². The molecule has 3 rings (SSSR count). The van der Waals surface area contributed by atoms with Crippen LogP contribution in [0.1, 0.15) is 5.56 Å². The standard InChI is InChI=1S/C20H19N3O2/c1-23-15-16(18-8-2-3-9-19(18)23)13-20(24)22-11-4-5-12-25-17-7-6-10-21-14-17/h2-3,6-10,14-15H,11-13H2,1H3,(H,22,24). The molecule has 0 unspecified atom stereocenters. The molecule has 0 aliphatic rings. The lowest BCUT2D eigenvalue weighted by Gasteiger charge is -2.01. The summed E-state index contributed by atoms with van der Waals surface area (Å²) in [6.45, 7) is 0.574. The number of hydrogen-bond acceptors (Lipinski definition) is 3. The highest BCUT2D eigenvalue weighted by Crippen LogP contribution is 2.20. The van der Waals surface area contributed by atoms with Gasteiger partial charge in [-0.05, 0) is 23.8 Å². The molecule has 0 radical (unpaired) electrons. The van der Waals surface area contributed by atoms with Crippen LogP contribution < -0.4 is 10.1 Å². The molecule has 2 heterocycles. The van der Waals surface area contributed by atoms with Crippen molar-refractivity contribution in [2.75, 3.05) is 13.2 Å². The Morgan fingerprint density at radius 2 is 2.12 bits per heavy atom. The third kappa shape index (κ3) is 4.39. The Morgan fingerprint density at radius 3 is 2.96 bits per heavy atom. The van der Waals surface area contributed by atoms with Crippen molar-refractivity contribution in [3.8, 4) is 17.6 Å². The number of rotatable bonds is 5. The highest BCUT2D eigenvalue weighted by molar-refractivity contribution is 5.89. The van der Waals surface area contributed by atoms with Crippen molar-refractivity contribution in [3.63, 3.8) is 0 Å². The molecule has 5 nitrogen and oxygen atoms in total. The predicted octanol–water partition coefficient (Wildman–Crippen LogP) is 2.31. The number of benzene rings is 1. The largest absolute Gasteiger partial charge is 0.479 e. The zero-order valence-corrected chi connectivity index (χ0v) is 14.0. The quantitative estimate of drug-likeness (QED) is 0.729. The number of carbonyl (C=O) groups is 1. The van der Waals surface area contributed by atoms with Crippen molar-refractivity contribution >= 4 is 16.8 Å². The summed E-state index contributed by atoms with van der Waals surface area (Å²) in [5.74, 6) is 6.38. The fourth-order valence-corrected chi connectivity index (χ4v) is 2.61. The Hall–Kier alpha value is -3.26. The van der Waals surface area contributed by atoms with Crippen LogP contribution in [0.3, 0.4) is 0 Å². The number of fused-ring (bicyclic) bond motifs is 1. The number of nitrogens with one attached hydrogen (secondary N) is 1. The van der Waals surface area contributed by atoms with E-state index < -0.39 is 0 Å². The molecular formula is C20H19N3O2. The van der Waals surface area contributed by atoms with E-state index in [0.717, 1.165) is 16.5 Å². The normalized spacial score (nSPS) is 10.1. The molecule has 1 aromatic carbocycles. The molecule has 2 aromatic heterocycles. The molecule has 0 aliphatic heterocycles. The molecule has 1 amide bonds. The highest BCUT2D eigenvalue weighted by atomic mass is 16.5. The Balaban J connectivity index is 1.46. The van der Waals surface area contributed by atoms with E-state index in [1.807, 2.05) is 48.1 Å². The summed E-state index contributed by atoms with van der Waals surface area (Å²) < 4.78 is 7.44. The van der Waals surface area contributed by atoms with Gasteiger partial charge in [-0.3, -0.25) is 9.78 Å². The second kappa shape index (κ2) is 8.02. The third-order valence-corrected chi connectivity index (χ3v) is 3.77. The van der Waals surface area contributed by atoms with Crippen LogP contribution in [0.15, 0.2) is 55.0 Å². The summed E-state index contributed by atoms with van der Waals surface area (Å²) in [7, 11) is 1.98. The van der Waals surface area contributed by atoms with Gasteiger partial charge in [0.05, 0.1) is 19.2 Å². The maximum atomic E-state index is 12.1. The Kier molecular flexibility index (Phi) is 5.32. The first-order valence-corrected chi connectivity index (χ1v) is 8.02. The van der Waals surface area contributed by atoms with Crippen molar-refractivity contribution < 1.29 is 9.53 Å². The minimum Gasteiger partial charge on any atom is -0.479 e. The zero-order valence-electron chi connectivity index (χ0n) is 14.0. The number of pyridine rings is 1. The van der Waals surface area contributed by atoms with E-state index in [1.165, 1.54) is 0 Å². The summed E-state index contributed by atoms with van der Waals surface area (Å²) in [5, 5.41) is 3.92. The molecule has 0 saturated carbocycles. The van der Waals surface area contributed by atoms with E-state index in [0.29, 0.717) is 18.7 Å². The van der Waals surface area contributed by atoms with Crippen LogP contribution in [0, 0.1) is 11.8 Å². The van der Waals surface area contributed by atoms with Gasteiger partial charge in [0.25, 0.3) is 0 Å². The first-order chi connectivity index (χ1) is 12.2. The van der Waals surface area contributed by atoms with Crippen LogP contribution >= 0.6 is 0 Å². The topological polar surface area (TPSA) is 56.2 Å². The fourth-order valence-electron chi connectivity index (χ4n) is 2.61. The van der Waals surface area contributed by atoms with Gasteiger partial charge >= 0.3 is 0 Å². The zero-order chi connectivity index (χ0) is 17.5. The van der Waals surface area contributed by atoms with Gasteiger partial charge in [-0.25, -0.2) is 0 Å². The third-order valence-electron chi connectivity index (χ3n) is 3.77. The molecule has 0 spiro atoms. The summed E-state index contributed by atoms with van der Waals surface area (Å²) in [6, 6.07) is 11.7. The van der Waals surface area contributed by atoms with Crippen molar-refractivity contribution in [1.29, 1.82) is 0 Å². The van der Waals surface area contributed by atoms with Gasteiger partial charge in [0, 0.05) is 30.3 Å². The molecule has 1 N–H and O–H groups in total. The van der Waals surface area contributed by atoms with Crippen LogP contribution in [0.4, 0.5) is 0 Å². The van der Waals surface area contributed by atoms with Crippen LogP contribution in [-0.2, 0) is 18.3 Å². The van der Waals surface area contributed by atoms with E-state index in [2.05, 4.69) is 22.1 Å². The van der Waals surface area contributed by atoms with Gasteiger partial charge in [0.2, 0.25) is 5.91 Å². The van der Waals surface area contributed by atoms with Gasteiger partial charge in [-0.2, -0.15) is 0 Å². The van der Waals surface area contributed by atoms with Gasteiger partial charge < -0.3 is 14.6 Å². The molecule has 5 heteroatoms. The molecule has 126 valence electrons. The SMILES string of the molecule is Cn1cc(CC(=O)NCC#CCOc2cccnc2)c2ccccc21. The summed E-state index contributed by atoms with van der Waals surface area (Å²) in [4.78, 5) is 16.0. The fraction of sp³-hybridized carbons (Fsp3) is 0.200. The second-order valence-electron chi connectivity index (χ2n) is 5.57. The Labute approximate surface area is 146 Å². The van der Waals surface area contributed by atoms with Crippen molar-refractivity contribution in [1.82, 2.24) is 14.9 Å². The minimum atomic E-state index is -0.0427. The van der Waals surface area contributed by atoms with Crippen molar-refractivity contribution in [2.45, 2.75) is 6.42 Å². The Morgan fingerprint density at radius 1 is 1.24 bits per heavy atom. The van der Waals surface area contributed by atoms with E-state index in [1.54, 1.807) is 18.5 Å². The number of aromatic nitrogens is 2. The minimum absolute atomic E-state index is 0.0427. The predicted molar refractivity (Wildman–Crippen MR) is 97.1 cm³/mol. The average Bonchev–Trinajstić information content (AvgIpc) is 2.95. The molecule has 0 aliphatic carbocycles. The number of ether oxygens (including phenoxy) is 1. The molecular weight excluding hydrogens is 314 g/mol. The number of para-hydroxylation sites is 1. The molecule has 3 aromatic rings. The first kappa shape index (κ1) is 16.6. The highest BCUT2D eigenvalue weighted by Gasteiger charge is 2.09. The summed E-state index contributed by atoms with van der Waals surface area (Å²) in [5.41, 5.74) is 2.14. The van der Waals surface area contributed by atoms with Crippen LogP contribution in [0.5, 0.6) is 5.75 Å². The average molecular weight is 333 g/mol. The molecule has 0 bridgehead atoms. The number of carbonyl (C=O) groups excluding carboxylic acids is 1. The van der Waals surface area contributed by atoms with E-state index in [4.69, 9.17) is 4.74 Å². The maximum Gasteiger partial charge on any atom is 0.225 e. The Bertz CT molecular complexity index is 920. The number of aryl methyl sites for hydroxylation is 1. The monoisotopic (exact) mass is 333 g/mol. The van der Waals surface area contributed by atoms with Gasteiger partial charge in [-0.15, -0.1) is 0 Å². The maximum absolute atomic E-state index is 12.1. The van der Waals surface area contributed by atoms with Crippen molar-refractivity contribution in [3.05, 3.63) is 60.6 Å². The van der Waals surface area contributed by atoms with Gasteiger partial charge in [0.1, 0.15) is 12.4 Å².